The van der Waals surface area contributed by atoms with Crippen LogP contribution < -0.4 is 10.0 Å². The topological polar surface area (TPSA) is 76.3 Å². The average Bonchev–Trinajstić information content (AvgIpc) is 3.07. The number of sulfonamides is 1. The van der Waals surface area contributed by atoms with E-state index >= 15 is 0 Å². The first kappa shape index (κ1) is 15.6. The van der Waals surface area contributed by atoms with Gasteiger partial charge >= 0.3 is 0 Å². The molecule has 2 aromatic carbocycles. The number of benzene rings is 2. The Hall–Kier alpha value is -1.96. The molecule has 1 aliphatic rings. The molecular weight excluding hydrogens is 342 g/mol. The monoisotopic (exact) mass is 359 g/mol. The van der Waals surface area contributed by atoms with Gasteiger partial charge in [-0.2, -0.15) is 0 Å². The first-order chi connectivity index (χ1) is 11.4. The van der Waals surface area contributed by atoms with Gasteiger partial charge in [0.15, 0.2) is 0 Å². The van der Waals surface area contributed by atoms with Gasteiger partial charge in [0.1, 0.15) is 5.01 Å². The van der Waals surface area contributed by atoms with E-state index in [1.54, 1.807) is 23.5 Å². The Kier molecular flexibility index (Phi) is 3.59. The molecule has 0 amide bonds. The molecule has 24 heavy (non-hydrogen) atoms. The maximum Gasteiger partial charge on any atom is 0.238 e. The Morgan fingerprint density at radius 1 is 1.29 bits per heavy atom. The fourth-order valence-corrected chi connectivity index (χ4v) is 4.75. The Morgan fingerprint density at radius 3 is 2.83 bits per heavy atom. The largest absolute Gasteiger partial charge is 0.362 e. The van der Waals surface area contributed by atoms with Crippen molar-refractivity contribution in [2.45, 2.75) is 30.8 Å². The summed E-state index contributed by atoms with van der Waals surface area (Å²) in [5.41, 5.74) is 3.11. The van der Waals surface area contributed by atoms with Gasteiger partial charge in [0.05, 0.1) is 21.7 Å². The molecule has 0 radical (unpaired) electrons. The number of thiazole rings is 1. The van der Waals surface area contributed by atoms with E-state index in [0.717, 1.165) is 34.7 Å². The van der Waals surface area contributed by atoms with Crippen molar-refractivity contribution in [2.24, 2.45) is 5.14 Å². The second kappa shape index (κ2) is 5.54. The van der Waals surface area contributed by atoms with Crippen LogP contribution >= 0.6 is 11.3 Å². The van der Waals surface area contributed by atoms with Gasteiger partial charge in [0.2, 0.25) is 10.0 Å². The van der Waals surface area contributed by atoms with Crippen LogP contribution in [-0.2, 0) is 23.0 Å². The highest BCUT2D eigenvalue weighted by atomic mass is 32.2. The Bertz CT molecular complexity index is 994. The fraction of sp³-hybridized carbons (Fsp3) is 0.235. The molecule has 1 aliphatic heterocycles. The zero-order valence-electron chi connectivity index (χ0n) is 13.1. The molecule has 4 rings (SSSR count). The van der Waals surface area contributed by atoms with Gasteiger partial charge in [-0.25, -0.2) is 18.5 Å². The summed E-state index contributed by atoms with van der Waals surface area (Å²) in [5, 5.41) is 6.30. The first-order valence-electron chi connectivity index (χ1n) is 7.68. The van der Waals surface area contributed by atoms with Gasteiger partial charge in [-0.15, -0.1) is 11.3 Å². The second-order valence-corrected chi connectivity index (χ2v) is 8.77. The van der Waals surface area contributed by atoms with Crippen molar-refractivity contribution in [2.75, 3.05) is 4.90 Å². The van der Waals surface area contributed by atoms with E-state index in [1.165, 1.54) is 4.70 Å². The van der Waals surface area contributed by atoms with Gasteiger partial charge in [-0.1, -0.05) is 12.1 Å². The molecule has 5 nitrogen and oxygen atoms in total. The van der Waals surface area contributed by atoms with Crippen LogP contribution in [0.2, 0.25) is 0 Å². The molecule has 0 spiro atoms. The molecule has 3 aromatic rings. The third kappa shape index (κ3) is 2.68. The lowest BCUT2D eigenvalue weighted by Gasteiger charge is -2.23. The molecule has 1 atom stereocenters. The summed E-state index contributed by atoms with van der Waals surface area (Å²) in [7, 11) is -3.66. The number of rotatable bonds is 3. The molecule has 2 heterocycles. The number of aromatic nitrogens is 1. The van der Waals surface area contributed by atoms with Gasteiger partial charge in [-0.05, 0) is 49.2 Å². The van der Waals surface area contributed by atoms with Crippen molar-refractivity contribution in [3.05, 3.63) is 53.0 Å². The van der Waals surface area contributed by atoms with Crippen molar-refractivity contribution in [1.82, 2.24) is 4.98 Å². The summed E-state index contributed by atoms with van der Waals surface area (Å²) in [4.78, 5) is 7.16. The number of hydrogen-bond acceptors (Lipinski definition) is 5. The van der Waals surface area contributed by atoms with Gasteiger partial charge in [0.25, 0.3) is 0 Å². The van der Waals surface area contributed by atoms with E-state index < -0.39 is 10.0 Å². The molecule has 0 aliphatic carbocycles. The molecule has 2 N–H and O–H groups in total. The molecule has 7 heteroatoms. The maximum atomic E-state index is 11.5. The second-order valence-electron chi connectivity index (χ2n) is 6.09. The molecule has 0 unspecified atom stereocenters. The SMILES string of the molecule is C[C@H]1Cc2cc(S(N)(=O)=O)ccc2N1Cc1nc2ccccc2s1. The zero-order chi connectivity index (χ0) is 16.9. The quantitative estimate of drug-likeness (QED) is 0.780. The van der Waals surface area contributed by atoms with E-state index in [2.05, 4.69) is 17.9 Å². The number of anilines is 1. The predicted octanol–water partition coefficient (Wildman–Crippen LogP) is 2.89. The lowest BCUT2D eigenvalue weighted by atomic mass is 10.1. The van der Waals surface area contributed by atoms with E-state index in [-0.39, 0.29) is 4.90 Å². The lowest BCUT2D eigenvalue weighted by molar-refractivity contribution is 0.597. The number of hydrogen-bond donors (Lipinski definition) is 1. The van der Waals surface area contributed by atoms with Crippen LogP contribution in [0.5, 0.6) is 0 Å². The molecule has 0 saturated heterocycles. The van der Waals surface area contributed by atoms with E-state index in [1.807, 2.05) is 24.3 Å². The van der Waals surface area contributed by atoms with Crippen molar-refractivity contribution in [1.29, 1.82) is 0 Å². The number of fused-ring (bicyclic) bond motifs is 2. The van der Waals surface area contributed by atoms with E-state index in [0.29, 0.717) is 6.04 Å². The summed E-state index contributed by atoms with van der Waals surface area (Å²) in [6.07, 6.45) is 0.809. The van der Waals surface area contributed by atoms with Gasteiger partial charge < -0.3 is 4.90 Å². The number of primary sulfonamides is 1. The molecule has 124 valence electrons. The number of nitrogens with zero attached hydrogens (tertiary/aromatic N) is 2. The third-order valence-corrected chi connectivity index (χ3v) is 6.31. The van der Waals surface area contributed by atoms with Crippen LogP contribution in [0.4, 0.5) is 5.69 Å². The summed E-state index contributed by atoms with van der Waals surface area (Å²) >= 11 is 1.70. The van der Waals surface area contributed by atoms with E-state index in [9.17, 15) is 8.42 Å². The molecule has 0 bridgehead atoms. The van der Waals surface area contributed by atoms with Crippen molar-refractivity contribution in [3.8, 4) is 0 Å². The van der Waals surface area contributed by atoms with E-state index in [4.69, 9.17) is 10.1 Å². The van der Waals surface area contributed by atoms with Crippen LogP contribution in [0.15, 0.2) is 47.4 Å². The third-order valence-electron chi connectivity index (χ3n) is 4.38. The highest BCUT2D eigenvalue weighted by Crippen LogP contribution is 2.35. The lowest BCUT2D eigenvalue weighted by Crippen LogP contribution is -2.28. The summed E-state index contributed by atoms with van der Waals surface area (Å²) in [6.45, 7) is 2.87. The Morgan fingerprint density at radius 2 is 2.08 bits per heavy atom. The highest BCUT2D eigenvalue weighted by Gasteiger charge is 2.28. The van der Waals surface area contributed by atoms with Crippen LogP contribution in [-0.4, -0.2) is 19.4 Å². The van der Waals surface area contributed by atoms with Crippen LogP contribution in [0, 0.1) is 0 Å². The average molecular weight is 359 g/mol. The fourth-order valence-electron chi connectivity index (χ4n) is 3.22. The number of para-hydroxylation sites is 1. The maximum absolute atomic E-state index is 11.5. The molecule has 0 saturated carbocycles. The molecule has 0 fully saturated rings. The molecule has 1 aromatic heterocycles. The minimum Gasteiger partial charge on any atom is -0.362 e. The normalized spacial score (nSPS) is 17.4. The van der Waals surface area contributed by atoms with Crippen molar-refractivity contribution < 1.29 is 8.42 Å². The highest BCUT2D eigenvalue weighted by molar-refractivity contribution is 7.89. The Balaban J connectivity index is 1.68. The minimum absolute atomic E-state index is 0.176. The summed E-state index contributed by atoms with van der Waals surface area (Å²) < 4.78 is 24.3. The van der Waals surface area contributed by atoms with Gasteiger partial charge in [-0.3, -0.25) is 0 Å². The predicted molar refractivity (Wildman–Crippen MR) is 96.8 cm³/mol. The summed E-state index contributed by atoms with van der Waals surface area (Å²) in [6, 6.07) is 13.5. The van der Waals surface area contributed by atoms with Gasteiger partial charge in [0, 0.05) is 11.7 Å². The van der Waals surface area contributed by atoms with Crippen molar-refractivity contribution in [3.63, 3.8) is 0 Å². The first-order valence-corrected chi connectivity index (χ1v) is 10.0. The van der Waals surface area contributed by atoms with Crippen LogP contribution in [0.25, 0.3) is 10.2 Å². The number of nitrogens with two attached hydrogens (primary N) is 1. The molecular formula is C17H17N3O2S2. The van der Waals surface area contributed by atoms with Crippen LogP contribution in [0.1, 0.15) is 17.5 Å². The minimum atomic E-state index is -3.66. The standard InChI is InChI=1S/C17H17N3O2S2/c1-11-8-12-9-13(24(18,21)22)6-7-15(12)20(11)10-17-19-14-4-2-3-5-16(14)23-17/h2-7,9,11H,8,10H2,1H3,(H2,18,21,22)/t11-/m0/s1. The van der Waals surface area contributed by atoms with Crippen LogP contribution in [0.3, 0.4) is 0 Å². The van der Waals surface area contributed by atoms with Crippen molar-refractivity contribution >= 4 is 37.3 Å². The smallest absolute Gasteiger partial charge is 0.238 e. The zero-order valence-corrected chi connectivity index (χ0v) is 14.8. The Labute approximate surface area is 144 Å². The summed E-state index contributed by atoms with van der Waals surface area (Å²) in [5.74, 6) is 0.